The van der Waals surface area contributed by atoms with Gasteiger partial charge in [0.15, 0.2) is 6.61 Å². The summed E-state index contributed by atoms with van der Waals surface area (Å²) in [5, 5.41) is 3.58. The number of hydrogen-bond acceptors (Lipinski definition) is 3. The Labute approximate surface area is 148 Å². The van der Waals surface area contributed by atoms with Crippen LogP contribution in [0.1, 0.15) is 38.7 Å². The number of benzene rings is 1. The molecule has 1 aliphatic rings. The molecule has 0 aromatic heterocycles. The third-order valence-corrected chi connectivity index (χ3v) is 4.89. The quantitative estimate of drug-likeness (QED) is 0.649. The van der Waals surface area contributed by atoms with Crippen molar-refractivity contribution in [2.75, 3.05) is 6.61 Å². The number of rotatable bonds is 5. The Hall–Kier alpha value is -1.81. The maximum Gasteiger partial charge on any atom is 0.331 e. The lowest BCUT2D eigenvalue weighted by Crippen LogP contribution is -2.45. The number of ether oxygens (including phenoxy) is 1. The van der Waals surface area contributed by atoms with Crippen LogP contribution in [0, 0.1) is 11.8 Å². The van der Waals surface area contributed by atoms with Gasteiger partial charge in [-0.15, -0.1) is 0 Å². The molecule has 0 radical (unpaired) electrons. The highest BCUT2D eigenvalue weighted by atomic mass is 35.5. The van der Waals surface area contributed by atoms with Crippen molar-refractivity contribution in [2.24, 2.45) is 11.8 Å². The first-order chi connectivity index (χ1) is 11.5. The van der Waals surface area contributed by atoms with Gasteiger partial charge in [-0.3, -0.25) is 4.79 Å². The molecule has 0 bridgehead atoms. The first-order valence-electron chi connectivity index (χ1n) is 8.35. The smallest absolute Gasteiger partial charge is 0.331 e. The molecule has 0 unspecified atom stereocenters. The Kier molecular flexibility index (Phi) is 6.85. The second-order valence-corrected chi connectivity index (χ2v) is 6.87. The van der Waals surface area contributed by atoms with Gasteiger partial charge in [0.25, 0.3) is 5.91 Å². The summed E-state index contributed by atoms with van der Waals surface area (Å²) in [7, 11) is 0. The van der Waals surface area contributed by atoms with E-state index in [0.717, 1.165) is 18.4 Å². The van der Waals surface area contributed by atoms with Crippen LogP contribution >= 0.6 is 11.6 Å². The fraction of sp³-hybridized carbons (Fsp3) is 0.474. The van der Waals surface area contributed by atoms with Crippen molar-refractivity contribution in [3.05, 3.63) is 40.9 Å². The first kappa shape index (κ1) is 18.5. The van der Waals surface area contributed by atoms with E-state index in [1.165, 1.54) is 12.5 Å². The lowest BCUT2D eigenvalue weighted by atomic mass is 9.78. The predicted octanol–water partition coefficient (Wildman–Crippen LogP) is 3.84. The summed E-state index contributed by atoms with van der Waals surface area (Å²) in [5.41, 5.74) is 0.800. The van der Waals surface area contributed by atoms with E-state index in [-0.39, 0.29) is 18.6 Å². The van der Waals surface area contributed by atoms with E-state index in [1.807, 2.05) is 6.07 Å². The Bertz CT molecular complexity index is 614. The van der Waals surface area contributed by atoms with Crippen molar-refractivity contribution in [1.82, 2.24) is 5.32 Å². The van der Waals surface area contributed by atoms with Crippen molar-refractivity contribution in [1.29, 1.82) is 0 Å². The Morgan fingerprint density at radius 2 is 2.12 bits per heavy atom. The zero-order valence-corrected chi connectivity index (χ0v) is 14.9. The maximum atomic E-state index is 12.0. The second kappa shape index (κ2) is 8.88. The van der Waals surface area contributed by atoms with Gasteiger partial charge < -0.3 is 10.1 Å². The average molecular weight is 350 g/mol. The second-order valence-electron chi connectivity index (χ2n) is 6.44. The number of nitrogens with one attached hydrogen (secondary N) is 1. The molecule has 1 saturated carbocycles. The highest BCUT2D eigenvalue weighted by molar-refractivity contribution is 6.30. The molecule has 1 fully saturated rings. The van der Waals surface area contributed by atoms with Gasteiger partial charge in [-0.25, -0.2) is 4.79 Å². The van der Waals surface area contributed by atoms with Gasteiger partial charge in [-0.1, -0.05) is 50.4 Å². The Balaban J connectivity index is 1.76. The van der Waals surface area contributed by atoms with E-state index in [1.54, 1.807) is 24.3 Å². The lowest BCUT2D eigenvalue weighted by molar-refractivity contribution is -0.144. The van der Waals surface area contributed by atoms with Crippen LogP contribution in [-0.2, 0) is 14.3 Å². The SMILES string of the molecule is C[C@@H]1[C@@H](C)CCC[C@H]1NC(=O)COC(=O)/C=C/c1cccc(Cl)c1. The molecule has 1 aromatic carbocycles. The van der Waals surface area contributed by atoms with Crippen LogP contribution in [0.2, 0.25) is 5.02 Å². The maximum absolute atomic E-state index is 12.0. The highest BCUT2D eigenvalue weighted by Gasteiger charge is 2.28. The van der Waals surface area contributed by atoms with Gasteiger partial charge >= 0.3 is 5.97 Å². The van der Waals surface area contributed by atoms with Crippen molar-refractivity contribution in [3.63, 3.8) is 0 Å². The molecule has 4 nitrogen and oxygen atoms in total. The van der Waals surface area contributed by atoms with E-state index in [0.29, 0.717) is 16.9 Å². The molecule has 130 valence electrons. The fourth-order valence-electron chi connectivity index (χ4n) is 2.99. The van der Waals surface area contributed by atoms with Crippen LogP contribution in [0.15, 0.2) is 30.3 Å². The number of carbonyl (C=O) groups excluding carboxylic acids is 2. The monoisotopic (exact) mass is 349 g/mol. The summed E-state index contributed by atoms with van der Waals surface area (Å²) >= 11 is 5.87. The lowest BCUT2D eigenvalue weighted by Gasteiger charge is -2.34. The minimum atomic E-state index is -0.546. The van der Waals surface area contributed by atoms with Gasteiger partial charge in [0, 0.05) is 17.1 Å². The minimum Gasteiger partial charge on any atom is -0.452 e. The molecule has 0 spiro atoms. The molecule has 0 saturated heterocycles. The summed E-state index contributed by atoms with van der Waals surface area (Å²) < 4.78 is 4.99. The molecule has 24 heavy (non-hydrogen) atoms. The van der Waals surface area contributed by atoms with E-state index in [4.69, 9.17) is 16.3 Å². The van der Waals surface area contributed by atoms with Crippen LogP contribution in [0.3, 0.4) is 0 Å². The van der Waals surface area contributed by atoms with Crippen LogP contribution in [0.25, 0.3) is 6.08 Å². The zero-order chi connectivity index (χ0) is 17.5. The minimum absolute atomic E-state index is 0.168. The topological polar surface area (TPSA) is 55.4 Å². The predicted molar refractivity (Wildman–Crippen MR) is 95.6 cm³/mol. The standard InChI is InChI=1S/C19H24ClNO3/c1-13-5-3-8-17(14(13)2)21-18(22)12-24-19(23)10-9-15-6-4-7-16(20)11-15/h4,6-7,9-11,13-14,17H,3,5,8,12H2,1-2H3,(H,21,22)/b10-9+/t13-,14+,17+/m0/s1. The molecule has 2 rings (SSSR count). The number of hydrogen-bond donors (Lipinski definition) is 1. The summed E-state index contributed by atoms with van der Waals surface area (Å²) in [6.45, 7) is 4.12. The molecule has 0 aliphatic heterocycles. The van der Waals surface area contributed by atoms with Gasteiger partial charge in [0.2, 0.25) is 0 Å². The third kappa shape index (κ3) is 5.68. The van der Waals surface area contributed by atoms with Crippen LogP contribution < -0.4 is 5.32 Å². The third-order valence-electron chi connectivity index (χ3n) is 4.66. The molecule has 5 heteroatoms. The molecule has 1 aromatic rings. The van der Waals surface area contributed by atoms with E-state index >= 15 is 0 Å². The number of amides is 1. The van der Waals surface area contributed by atoms with Crippen molar-refractivity contribution < 1.29 is 14.3 Å². The summed E-state index contributed by atoms with van der Waals surface area (Å²) in [5.74, 6) is 0.258. The molecule has 1 N–H and O–H groups in total. The average Bonchev–Trinajstić information content (AvgIpc) is 2.55. The highest BCUT2D eigenvalue weighted by Crippen LogP contribution is 2.29. The molecule has 0 heterocycles. The number of halogens is 1. The molecule has 1 aliphatic carbocycles. The number of esters is 1. The van der Waals surface area contributed by atoms with E-state index in [2.05, 4.69) is 19.2 Å². The summed E-state index contributed by atoms with van der Waals surface area (Å²) in [6, 6.07) is 7.29. The van der Waals surface area contributed by atoms with Crippen molar-refractivity contribution in [2.45, 2.75) is 39.2 Å². The van der Waals surface area contributed by atoms with Crippen molar-refractivity contribution >= 4 is 29.6 Å². The van der Waals surface area contributed by atoms with Crippen molar-refractivity contribution in [3.8, 4) is 0 Å². The van der Waals surface area contributed by atoms with Gasteiger partial charge in [-0.05, 0) is 42.0 Å². The first-order valence-corrected chi connectivity index (χ1v) is 8.73. The van der Waals surface area contributed by atoms with E-state index < -0.39 is 5.97 Å². The zero-order valence-electron chi connectivity index (χ0n) is 14.1. The fourth-order valence-corrected chi connectivity index (χ4v) is 3.19. The molecule has 1 amide bonds. The normalized spacial score (nSPS) is 23.9. The van der Waals surface area contributed by atoms with Crippen LogP contribution in [0.5, 0.6) is 0 Å². The summed E-state index contributed by atoms with van der Waals surface area (Å²) in [4.78, 5) is 23.6. The van der Waals surface area contributed by atoms with Gasteiger partial charge in [0.1, 0.15) is 0 Å². The summed E-state index contributed by atoms with van der Waals surface area (Å²) in [6.07, 6.45) is 6.22. The Morgan fingerprint density at radius 1 is 1.33 bits per heavy atom. The van der Waals surface area contributed by atoms with Crippen LogP contribution in [-0.4, -0.2) is 24.5 Å². The van der Waals surface area contributed by atoms with Gasteiger partial charge in [0.05, 0.1) is 0 Å². The largest absolute Gasteiger partial charge is 0.452 e. The molecular weight excluding hydrogens is 326 g/mol. The van der Waals surface area contributed by atoms with Crippen LogP contribution in [0.4, 0.5) is 0 Å². The molecule has 3 atom stereocenters. The van der Waals surface area contributed by atoms with Gasteiger partial charge in [-0.2, -0.15) is 0 Å². The van der Waals surface area contributed by atoms with E-state index in [9.17, 15) is 9.59 Å². The molecular formula is C19H24ClNO3. The Morgan fingerprint density at radius 3 is 2.88 bits per heavy atom. The number of carbonyl (C=O) groups is 2.